The Morgan fingerprint density at radius 3 is 2.15 bits per heavy atom. The molecule has 0 saturated heterocycles. The molecule has 0 aliphatic carbocycles. The second-order valence-corrected chi connectivity index (χ2v) is 5.72. The number of ether oxygens (including phenoxy) is 1. The maximum Gasteiger partial charge on any atom is 0.297 e. The van der Waals surface area contributed by atoms with Crippen molar-refractivity contribution in [2.75, 3.05) is 13.7 Å². The van der Waals surface area contributed by atoms with E-state index >= 15 is 0 Å². The van der Waals surface area contributed by atoms with Crippen molar-refractivity contribution in [3.8, 4) is 0 Å². The van der Waals surface area contributed by atoms with Gasteiger partial charge in [-0.1, -0.05) is 17.7 Å². The van der Waals surface area contributed by atoms with Gasteiger partial charge in [0.1, 0.15) is 6.61 Å². The number of aryl methyl sites for hydroxylation is 1. The van der Waals surface area contributed by atoms with Crippen molar-refractivity contribution in [2.24, 2.45) is 0 Å². The van der Waals surface area contributed by atoms with Gasteiger partial charge in [0.15, 0.2) is 12.3 Å². The minimum Gasteiger partial charge on any atom is -0.372 e. The largest absolute Gasteiger partial charge is 0.372 e. The summed E-state index contributed by atoms with van der Waals surface area (Å²) in [6.07, 6.45) is -7.34. The lowest BCUT2D eigenvalue weighted by Crippen LogP contribution is -2.35. The van der Waals surface area contributed by atoms with Crippen LogP contribution in [0.2, 0.25) is 0 Å². The highest BCUT2D eigenvalue weighted by molar-refractivity contribution is 7.86. The summed E-state index contributed by atoms with van der Waals surface area (Å²) < 4.78 is 70.3. The zero-order chi connectivity index (χ0) is 15.3. The SMILES string of the molecule is COC(C(F)F)C(F)COS(=O)(=O)c1ccc(C)cc1. The molecule has 0 amide bonds. The van der Waals surface area contributed by atoms with E-state index in [-0.39, 0.29) is 4.90 Å². The van der Waals surface area contributed by atoms with Crippen LogP contribution < -0.4 is 0 Å². The van der Waals surface area contributed by atoms with E-state index < -0.39 is 35.4 Å². The smallest absolute Gasteiger partial charge is 0.297 e. The quantitative estimate of drug-likeness (QED) is 0.725. The molecule has 20 heavy (non-hydrogen) atoms. The van der Waals surface area contributed by atoms with Gasteiger partial charge in [0.2, 0.25) is 0 Å². The molecule has 0 spiro atoms. The van der Waals surface area contributed by atoms with E-state index in [1.165, 1.54) is 12.1 Å². The highest BCUT2D eigenvalue weighted by Crippen LogP contribution is 2.17. The highest BCUT2D eigenvalue weighted by Gasteiger charge is 2.31. The maximum atomic E-state index is 13.4. The number of methoxy groups -OCH3 is 1. The van der Waals surface area contributed by atoms with Crippen molar-refractivity contribution in [2.45, 2.75) is 30.5 Å². The first-order valence-electron chi connectivity index (χ1n) is 5.69. The summed E-state index contributed by atoms with van der Waals surface area (Å²) in [6, 6.07) is 5.66. The average molecular weight is 312 g/mol. The topological polar surface area (TPSA) is 52.6 Å². The van der Waals surface area contributed by atoms with Gasteiger partial charge in [-0.2, -0.15) is 8.42 Å². The van der Waals surface area contributed by atoms with Crippen LogP contribution in [0.25, 0.3) is 0 Å². The van der Waals surface area contributed by atoms with Crippen LogP contribution in [0, 0.1) is 6.92 Å². The van der Waals surface area contributed by atoms with Gasteiger partial charge >= 0.3 is 0 Å². The van der Waals surface area contributed by atoms with E-state index in [2.05, 4.69) is 8.92 Å². The van der Waals surface area contributed by atoms with Crippen LogP contribution in [-0.4, -0.2) is 40.8 Å². The molecule has 8 heteroatoms. The van der Waals surface area contributed by atoms with Gasteiger partial charge in [0.25, 0.3) is 16.5 Å². The van der Waals surface area contributed by atoms with Crippen LogP contribution in [0.3, 0.4) is 0 Å². The van der Waals surface area contributed by atoms with Gasteiger partial charge in [-0.3, -0.25) is 4.18 Å². The summed E-state index contributed by atoms with van der Waals surface area (Å²) in [5, 5.41) is 0. The summed E-state index contributed by atoms with van der Waals surface area (Å²) in [5.74, 6) is 0. The molecule has 0 heterocycles. The fraction of sp³-hybridized carbons (Fsp3) is 0.500. The predicted octanol–water partition coefficient (Wildman–Crippen LogP) is 2.32. The normalized spacial score (nSPS) is 15.3. The van der Waals surface area contributed by atoms with Crippen molar-refractivity contribution in [3.05, 3.63) is 29.8 Å². The molecule has 1 aromatic carbocycles. The molecular formula is C12H15F3O4S. The van der Waals surface area contributed by atoms with Gasteiger partial charge < -0.3 is 4.74 Å². The number of rotatable bonds is 7. The maximum absolute atomic E-state index is 13.4. The monoisotopic (exact) mass is 312 g/mol. The van der Waals surface area contributed by atoms with E-state index in [0.29, 0.717) is 0 Å². The molecule has 0 saturated carbocycles. The van der Waals surface area contributed by atoms with E-state index in [0.717, 1.165) is 12.7 Å². The summed E-state index contributed by atoms with van der Waals surface area (Å²) >= 11 is 0. The molecular weight excluding hydrogens is 297 g/mol. The number of halogens is 3. The Bertz CT molecular complexity index is 516. The Kier molecular flexibility index (Phi) is 5.97. The van der Waals surface area contributed by atoms with Crippen LogP contribution in [0.15, 0.2) is 29.2 Å². The molecule has 0 N–H and O–H groups in total. The molecule has 0 aromatic heterocycles. The Hall–Kier alpha value is -1.12. The van der Waals surface area contributed by atoms with Crippen molar-refractivity contribution >= 4 is 10.1 Å². The second kappa shape index (κ2) is 7.05. The fourth-order valence-electron chi connectivity index (χ4n) is 1.43. The number of benzene rings is 1. The van der Waals surface area contributed by atoms with Crippen molar-refractivity contribution in [1.82, 2.24) is 0 Å². The second-order valence-electron chi connectivity index (χ2n) is 4.10. The zero-order valence-electron chi connectivity index (χ0n) is 10.9. The Morgan fingerprint density at radius 1 is 1.15 bits per heavy atom. The molecule has 1 aromatic rings. The van der Waals surface area contributed by atoms with E-state index in [4.69, 9.17) is 0 Å². The molecule has 2 unspecified atom stereocenters. The van der Waals surface area contributed by atoms with Gasteiger partial charge in [0, 0.05) is 7.11 Å². The molecule has 114 valence electrons. The third-order valence-electron chi connectivity index (χ3n) is 2.57. The van der Waals surface area contributed by atoms with Gasteiger partial charge in [-0.05, 0) is 19.1 Å². The standard InChI is InChI=1S/C12H15F3O4S/c1-8-3-5-9(6-4-8)20(16,17)19-7-10(13)11(18-2)12(14)15/h3-6,10-12H,7H2,1-2H3. The van der Waals surface area contributed by atoms with E-state index in [9.17, 15) is 21.6 Å². The lowest BCUT2D eigenvalue weighted by atomic mass is 10.2. The van der Waals surface area contributed by atoms with Crippen LogP contribution in [0.5, 0.6) is 0 Å². The zero-order valence-corrected chi connectivity index (χ0v) is 11.7. The van der Waals surface area contributed by atoms with Gasteiger partial charge in [-0.25, -0.2) is 13.2 Å². The molecule has 0 radical (unpaired) electrons. The molecule has 2 atom stereocenters. The Balaban J connectivity index is 2.70. The minimum absolute atomic E-state index is 0.165. The fourth-order valence-corrected chi connectivity index (χ4v) is 2.35. The molecule has 1 rings (SSSR count). The number of alkyl halides is 3. The predicted molar refractivity (Wildman–Crippen MR) is 66.0 cm³/mol. The first kappa shape index (κ1) is 16.9. The van der Waals surface area contributed by atoms with Crippen LogP contribution in [0.1, 0.15) is 5.56 Å². The molecule has 4 nitrogen and oxygen atoms in total. The van der Waals surface area contributed by atoms with Crippen LogP contribution in [0.4, 0.5) is 13.2 Å². The Morgan fingerprint density at radius 2 is 1.70 bits per heavy atom. The van der Waals surface area contributed by atoms with Crippen molar-refractivity contribution in [3.63, 3.8) is 0 Å². The molecule has 0 aliphatic heterocycles. The Labute approximate surface area is 115 Å². The van der Waals surface area contributed by atoms with E-state index in [1.807, 2.05) is 0 Å². The summed E-state index contributed by atoms with van der Waals surface area (Å²) in [6.45, 7) is 0.736. The first-order chi connectivity index (χ1) is 9.27. The van der Waals surface area contributed by atoms with Crippen molar-refractivity contribution in [1.29, 1.82) is 0 Å². The molecule has 0 bridgehead atoms. The highest BCUT2D eigenvalue weighted by atomic mass is 32.2. The number of hydrogen-bond donors (Lipinski definition) is 0. The lowest BCUT2D eigenvalue weighted by molar-refractivity contribution is -0.0809. The molecule has 0 fully saturated rings. The lowest BCUT2D eigenvalue weighted by Gasteiger charge is -2.18. The van der Waals surface area contributed by atoms with E-state index in [1.54, 1.807) is 19.1 Å². The summed E-state index contributed by atoms with van der Waals surface area (Å²) in [5.41, 5.74) is 0.837. The van der Waals surface area contributed by atoms with Gasteiger partial charge in [-0.15, -0.1) is 0 Å². The van der Waals surface area contributed by atoms with Crippen LogP contribution in [-0.2, 0) is 19.0 Å². The summed E-state index contributed by atoms with van der Waals surface area (Å²) in [7, 11) is -3.27. The minimum atomic E-state index is -4.18. The first-order valence-corrected chi connectivity index (χ1v) is 7.10. The summed E-state index contributed by atoms with van der Waals surface area (Å²) in [4.78, 5) is -0.165. The third-order valence-corrected chi connectivity index (χ3v) is 3.86. The van der Waals surface area contributed by atoms with Crippen molar-refractivity contribution < 1.29 is 30.5 Å². The average Bonchev–Trinajstić information content (AvgIpc) is 2.37. The van der Waals surface area contributed by atoms with Gasteiger partial charge in [0.05, 0.1) is 4.90 Å². The molecule has 0 aliphatic rings. The third kappa shape index (κ3) is 4.46. The number of hydrogen-bond acceptors (Lipinski definition) is 4. The van der Waals surface area contributed by atoms with Crippen LogP contribution >= 0.6 is 0 Å².